The highest BCUT2D eigenvalue weighted by Gasteiger charge is 2.06. The zero-order valence-corrected chi connectivity index (χ0v) is 20.3. The van der Waals surface area contributed by atoms with Gasteiger partial charge in [-0.05, 0) is 40.6 Å². The summed E-state index contributed by atoms with van der Waals surface area (Å²) >= 11 is 1.68. The molecule has 0 atom stereocenters. The van der Waals surface area contributed by atoms with E-state index in [1.807, 2.05) is 29.4 Å². The Bertz CT molecular complexity index is 946. The molecule has 0 fully saturated rings. The van der Waals surface area contributed by atoms with Crippen molar-refractivity contribution < 1.29 is 4.39 Å². The minimum absolute atomic E-state index is 0. The standard InChI is InChI=1S/C22H26FN5S.HI/c1-24-22(27-13-19-6-7-21(23)11-20(19)15-29-2)26-12-17-4-3-5-18(10-17)14-28-9-8-25-16-28;/h3-11,16H,12-15H2,1-2H3,(H2,24,26,27);1H. The van der Waals surface area contributed by atoms with E-state index >= 15 is 0 Å². The second kappa shape index (κ2) is 12.6. The number of aromatic nitrogens is 2. The van der Waals surface area contributed by atoms with E-state index in [0.717, 1.165) is 23.4 Å². The largest absolute Gasteiger partial charge is 0.352 e. The van der Waals surface area contributed by atoms with Crippen LogP contribution in [0, 0.1) is 5.82 Å². The van der Waals surface area contributed by atoms with Crippen LogP contribution in [0.5, 0.6) is 0 Å². The van der Waals surface area contributed by atoms with Crippen LogP contribution in [0.2, 0.25) is 0 Å². The lowest BCUT2D eigenvalue weighted by atomic mass is 10.1. The van der Waals surface area contributed by atoms with E-state index in [0.29, 0.717) is 19.0 Å². The third kappa shape index (κ3) is 7.32. The summed E-state index contributed by atoms with van der Waals surface area (Å²) in [6.07, 6.45) is 7.57. The summed E-state index contributed by atoms with van der Waals surface area (Å²) in [4.78, 5) is 8.38. The predicted molar refractivity (Wildman–Crippen MR) is 134 cm³/mol. The molecule has 3 aromatic rings. The first-order chi connectivity index (χ1) is 14.2. The second-order valence-electron chi connectivity index (χ2n) is 6.68. The van der Waals surface area contributed by atoms with Gasteiger partial charge in [0, 0.05) is 44.8 Å². The lowest BCUT2D eigenvalue weighted by Crippen LogP contribution is -2.36. The molecule has 1 aromatic heterocycles. The van der Waals surface area contributed by atoms with Gasteiger partial charge in [0.15, 0.2) is 5.96 Å². The SMILES string of the molecule is CN=C(NCc1cccc(Cn2ccnc2)c1)NCc1ccc(F)cc1CSC.I. The summed E-state index contributed by atoms with van der Waals surface area (Å²) in [6, 6.07) is 13.4. The zero-order chi connectivity index (χ0) is 20.5. The molecule has 8 heteroatoms. The van der Waals surface area contributed by atoms with Crippen LogP contribution in [-0.2, 0) is 25.4 Å². The van der Waals surface area contributed by atoms with Crippen LogP contribution in [0.15, 0.2) is 66.2 Å². The fraction of sp³-hybridized carbons (Fsp3) is 0.273. The number of imidazole rings is 1. The van der Waals surface area contributed by atoms with Crippen molar-refractivity contribution in [3.63, 3.8) is 0 Å². The Morgan fingerprint density at radius 2 is 1.90 bits per heavy atom. The van der Waals surface area contributed by atoms with E-state index in [2.05, 4.69) is 44.9 Å². The van der Waals surface area contributed by atoms with Gasteiger partial charge in [-0.3, -0.25) is 4.99 Å². The Morgan fingerprint density at radius 3 is 2.63 bits per heavy atom. The molecule has 5 nitrogen and oxygen atoms in total. The number of halogens is 2. The molecule has 0 saturated heterocycles. The maximum atomic E-state index is 13.5. The Hall–Kier alpha value is -2.07. The molecule has 0 aliphatic heterocycles. The maximum Gasteiger partial charge on any atom is 0.191 e. The molecular formula is C22H27FIN5S. The van der Waals surface area contributed by atoms with Gasteiger partial charge in [0.05, 0.1) is 6.33 Å². The number of thioether (sulfide) groups is 1. The van der Waals surface area contributed by atoms with Gasteiger partial charge >= 0.3 is 0 Å². The van der Waals surface area contributed by atoms with Crippen LogP contribution in [0.1, 0.15) is 22.3 Å². The van der Waals surface area contributed by atoms with Crippen molar-refractivity contribution in [2.75, 3.05) is 13.3 Å². The summed E-state index contributed by atoms with van der Waals surface area (Å²) in [5.74, 6) is 1.30. The van der Waals surface area contributed by atoms with Crippen molar-refractivity contribution in [2.45, 2.75) is 25.4 Å². The fourth-order valence-corrected chi connectivity index (χ4v) is 3.65. The van der Waals surface area contributed by atoms with Gasteiger partial charge in [0.1, 0.15) is 5.82 Å². The number of rotatable bonds is 8. The van der Waals surface area contributed by atoms with Gasteiger partial charge in [0.2, 0.25) is 0 Å². The fourth-order valence-electron chi connectivity index (χ4n) is 3.07. The Balaban J connectivity index is 0.00000320. The molecule has 2 aromatic carbocycles. The van der Waals surface area contributed by atoms with Gasteiger partial charge in [0.25, 0.3) is 0 Å². The second-order valence-corrected chi connectivity index (χ2v) is 7.55. The maximum absolute atomic E-state index is 13.5. The Kier molecular flexibility index (Phi) is 10.2. The number of guanidine groups is 1. The number of hydrogen-bond acceptors (Lipinski definition) is 3. The summed E-state index contributed by atoms with van der Waals surface area (Å²) in [6.45, 7) is 2.05. The van der Waals surface area contributed by atoms with Gasteiger partial charge in [-0.25, -0.2) is 9.37 Å². The molecule has 160 valence electrons. The van der Waals surface area contributed by atoms with Crippen molar-refractivity contribution in [1.82, 2.24) is 20.2 Å². The van der Waals surface area contributed by atoms with Crippen LogP contribution in [-0.4, -0.2) is 28.8 Å². The molecule has 0 aliphatic carbocycles. The molecule has 1 heterocycles. The molecule has 0 bridgehead atoms. The van der Waals surface area contributed by atoms with E-state index in [1.54, 1.807) is 31.1 Å². The number of nitrogens with one attached hydrogen (secondary N) is 2. The van der Waals surface area contributed by atoms with Crippen LogP contribution >= 0.6 is 35.7 Å². The first-order valence-corrected chi connectivity index (χ1v) is 10.8. The van der Waals surface area contributed by atoms with E-state index in [9.17, 15) is 4.39 Å². The van der Waals surface area contributed by atoms with Crippen LogP contribution in [0.25, 0.3) is 0 Å². The lowest BCUT2D eigenvalue weighted by molar-refractivity contribution is 0.625. The van der Waals surface area contributed by atoms with Crippen molar-refractivity contribution in [1.29, 1.82) is 0 Å². The first kappa shape index (κ1) is 24.2. The molecule has 0 radical (unpaired) electrons. The molecule has 0 aliphatic rings. The van der Waals surface area contributed by atoms with Crippen molar-refractivity contribution in [2.24, 2.45) is 4.99 Å². The molecule has 0 saturated carbocycles. The minimum atomic E-state index is -0.198. The predicted octanol–water partition coefficient (Wildman–Crippen LogP) is 4.42. The van der Waals surface area contributed by atoms with E-state index in [4.69, 9.17) is 0 Å². The Labute approximate surface area is 198 Å². The number of aliphatic imine (C=N–C) groups is 1. The van der Waals surface area contributed by atoms with E-state index in [1.165, 1.54) is 17.2 Å². The first-order valence-electron chi connectivity index (χ1n) is 9.42. The van der Waals surface area contributed by atoms with Gasteiger partial charge in [-0.1, -0.05) is 30.3 Å². The summed E-state index contributed by atoms with van der Waals surface area (Å²) < 4.78 is 15.6. The van der Waals surface area contributed by atoms with E-state index < -0.39 is 0 Å². The molecule has 0 unspecified atom stereocenters. The van der Waals surface area contributed by atoms with Crippen molar-refractivity contribution in [3.05, 3.63) is 89.3 Å². The van der Waals surface area contributed by atoms with Gasteiger partial charge in [-0.2, -0.15) is 11.8 Å². The Morgan fingerprint density at radius 1 is 1.10 bits per heavy atom. The highest BCUT2D eigenvalue weighted by atomic mass is 127. The molecule has 0 amide bonds. The number of benzene rings is 2. The van der Waals surface area contributed by atoms with Gasteiger partial charge in [-0.15, -0.1) is 24.0 Å². The highest BCUT2D eigenvalue weighted by molar-refractivity contribution is 14.0. The summed E-state index contributed by atoms with van der Waals surface area (Å²) in [5.41, 5.74) is 4.48. The van der Waals surface area contributed by atoms with Crippen molar-refractivity contribution >= 4 is 41.7 Å². The molecule has 30 heavy (non-hydrogen) atoms. The quantitative estimate of drug-likeness (QED) is 0.253. The molecule has 3 rings (SSSR count). The lowest BCUT2D eigenvalue weighted by Gasteiger charge is -2.15. The molecular weight excluding hydrogens is 512 g/mol. The van der Waals surface area contributed by atoms with Crippen LogP contribution in [0.3, 0.4) is 0 Å². The smallest absolute Gasteiger partial charge is 0.191 e. The zero-order valence-electron chi connectivity index (χ0n) is 17.1. The van der Waals surface area contributed by atoms with E-state index in [-0.39, 0.29) is 29.8 Å². The minimum Gasteiger partial charge on any atom is -0.352 e. The third-order valence-electron chi connectivity index (χ3n) is 4.51. The average molecular weight is 539 g/mol. The topological polar surface area (TPSA) is 54.2 Å². The van der Waals surface area contributed by atoms with Crippen LogP contribution in [0.4, 0.5) is 4.39 Å². The number of nitrogens with zero attached hydrogens (tertiary/aromatic N) is 3. The monoisotopic (exact) mass is 539 g/mol. The van der Waals surface area contributed by atoms with Crippen LogP contribution < -0.4 is 10.6 Å². The average Bonchev–Trinajstić information content (AvgIpc) is 3.23. The van der Waals surface area contributed by atoms with Gasteiger partial charge < -0.3 is 15.2 Å². The number of hydrogen-bond donors (Lipinski definition) is 2. The summed E-state index contributed by atoms with van der Waals surface area (Å²) in [7, 11) is 1.75. The summed E-state index contributed by atoms with van der Waals surface area (Å²) in [5, 5.41) is 6.67. The molecule has 0 spiro atoms. The molecule has 2 N–H and O–H groups in total. The van der Waals surface area contributed by atoms with Crippen molar-refractivity contribution in [3.8, 4) is 0 Å². The highest BCUT2D eigenvalue weighted by Crippen LogP contribution is 2.16. The normalized spacial score (nSPS) is 11.1. The third-order valence-corrected chi connectivity index (χ3v) is 5.11.